The van der Waals surface area contributed by atoms with E-state index in [2.05, 4.69) is 27.2 Å². The summed E-state index contributed by atoms with van der Waals surface area (Å²) < 4.78 is 10.8. The maximum Gasteiger partial charge on any atom is 0.193 e. The number of benzene rings is 1. The second kappa shape index (κ2) is 11.7. The summed E-state index contributed by atoms with van der Waals surface area (Å²) in [5, 5.41) is 3.36. The van der Waals surface area contributed by atoms with Gasteiger partial charge in [0.25, 0.3) is 0 Å². The van der Waals surface area contributed by atoms with Crippen LogP contribution in [0.15, 0.2) is 35.3 Å². The summed E-state index contributed by atoms with van der Waals surface area (Å²) in [5.41, 5.74) is 0. The third kappa shape index (κ3) is 8.42. The molecule has 0 aliphatic carbocycles. The zero-order valence-corrected chi connectivity index (χ0v) is 14.8. The van der Waals surface area contributed by atoms with Crippen LogP contribution in [0.4, 0.5) is 0 Å². The molecule has 23 heavy (non-hydrogen) atoms. The van der Waals surface area contributed by atoms with Gasteiger partial charge in [-0.15, -0.1) is 0 Å². The molecule has 130 valence electrons. The highest BCUT2D eigenvalue weighted by atomic mass is 16.5. The Kier molecular flexibility index (Phi) is 9.83. The van der Waals surface area contributed by atoms with Crippen LogP contribution in [0, 0.1) is 0 Å². The normalized spacial score (nSPS) is 11.6. The van der Waals surface area contributed by atoms with Crippen molar-refractivity contribution in [2.75, 3.05) is 67.6 Å². The van der Waals surface area contributed by atoms with Crippen LogP contribution in [-0.2, 0) is 4.74 Å². The quantitative estimate of drug-likeness (QED) is 0.517. The largest absolute Gasteiger partial charge is 0.492 e. The molecule has 0 radical (unpaired) electrons. The van der Waals surface area contributed by atoms with Crippen molar-refractivity contribution in [2.45, 2.75) is 0 Å². The third-order valence-corrected chi connectivity index (χ3v) is 3.47. The second-order valence-electron chi connectivity index (χ2n) is 5.35. The molecule has 0 spiro atoms. The monoisotopic (exact) mass is 322 g/mol. The first-order valence-electron chi connectivity index (χ1n) is 7.94. The minimum absolute atomic E-state index is 0.620. The molecule has 1 aromatic carbocycles. The standard InChI is InChI=1S/C17H30N4O2/c1-18-17(19-10-11-20(2)12-14-22-4)21(3)13-15-23-16-8-6-5-7-9-16/h5-9H,10-15H2,1-4H3,(H,18,19). The van der Waals surface area contributed by atoms with Gasteiger partial charge >= 0.3 is 0 Å². The van der Waals surface area contributed by atoms with E-state index < -0.39 is 0 Å². The molecule has 0 saturated carbocycles. The van der Waals surface area contributed by atoms with Crippen molar-refractivity contribution in [1.82, 2.24) is 15.1 Å². The fraction of sp³-hybridized carbons (Fsp3) is 0.588. The van der Waals surface area contributed by atoms with E-state index >= 15 is 0 Å². The lowest BCUT2D eigenvalue weighted by atomic mass is 10.3. The Balaban J connectivity index is 2.22. The molecule has 0 aliphatic rings. The predicted octanol–water partition coefficient (Wildman–Crippen LogP) is 1.15. The molecule has 0 amide bonds. The van der Waals surface area contributed by atoms with Crippen molar-refractivity contribution >= 4 is 5.96 Å². The van der Waals surface area contributed by atoms with Crippen molar-refractivity contribution < 1.29 is 9.47 Å². The van der Waals surface area contributed by atoms with E-state index in [0.717, 1.165) is 44.5 Å². The SMILES string of the molecule is CN=C(NCCN(C)CCOC)N(C)CCOc1ccccc1. The number of hydrogen-bond donors (Lipinski definition) is 1. The molecule has 0 aliphatic heterocycles. The maximum absolute atomic E-state index is 5.71. The van der Waals surface area contributed by atoms with Crippen LogP contribution in [0.25, 0.3) is 0 Å². The Morgan fingerprint density at radius 3 is 2.48 bits per heavy atom. The predicted molar refractivity (Wildman–Crippen MR) is 95.3 cm³/mol. The molecular weight excluding hydrogens is 292 g/mol. The van der Waals surface area contributed by atoms with Gasteiger partial charge in [-0.3, -0.25) is 4.99 Å². The van der Waals surface area contributed by atoms with E-state index in [1.165, 1.54) is 0 Å². The summed E-state index contributed by atoms with van der Waals surface area (Å²) in [6.07, 6.45) is 0. The van der Waals surface area contributed by atoms with Gasteiger partial charge in [0.15, 0.2) is 5.96 Å². The smallest absolute Gasteiger partial charge is 0.193 e. The van der Waals surface area contributed by atoms with E-state index in [9.17, 15) is 0 Å². The van der Waals surface area contributed by atoms with Crippen molar-refractivity contribution in [3.05, 3.63) is 30.3 Å². The zero-order valence-electron chi connectivity index (χ0n) is 14.8. The van der Waals surface area contributed by atoms with Crippen molar-refractivity contribution in [3.8, 4) is 5.75 Å². The summed E-state index contributed by atoms with van der Waals surface area (Å²) in [6, 6.07) is 9.85. The van der Waals surface area contributed by atoms with Gasteiger partial charge in [-0.25, -0.2) is 0 Å². The number of methoxy groups -OCH3 is 1. The Morgan fingerprint density at radius 1 is 1.09 bits per heavy atom. The van der Waals surface area contributed by atoms with Crippen molar-refractivity contribution in [3.63, 3.8) is 0 Å². The molecule has 0 bridgehead atoms. The summed E-state index contributed by atoms with van der Waals surface area (Å²) >= 11 is 0. The molecule has 0 atom stereocenters. The molecule has 6 heteroatoms. The molecule has 0 aromatic heterocycles. The van der Waals surface area contributed by atoms with Crippen LogP contribution in [0.1, 0.15) is 0 Å². The first-order valence-corrected chi connectivity index (χ1v) is 7.94. The van der Waals surface area contributed by atoms with Gasteiger partial charge in [-0.2, -0.15) is 0 Å². The lowest BCUT2D eigenvalue weighted by Crippen LogP contribution is -2.43. The Labute approximate surface area is 140 Å². The number of para-hydroxylation sites is 1. The highest BCUT2D eigenvalue weighted by Gasteiger charge is 2.06. The summed E-state index contributed by atoms with van der Waals surface area (Å²) in [4.78, 5) is 8.60. The van der Waals surface area contributed by atoms with Crippen LogP contribution >= 0.6 is 0 Å². The highest BCUT2D eigenvalue weighted by molar-refractivity contribution is 5.79. The van der Waals surface area contributed by atoms with Gasteiger partial charge in [0.2, 0.25) is 0 Å². The van der Waals surface area contributed by atoms with E-state index in [0.29, 0.717) is 6.61 Å². The average Bonchev–Trinajstić information content (AvgIpc) is 2.57. The number of nitrogens with one attached hydrogen (secondary N) is 1. The lowest BCUT2D eigenvalue weighted by molar-refractivity contribution is 0.162. The fourth-order valence-electron chi connectivity index (χ4n) is 2.03. The van der Waals surface area contributed by atoms with E-state index in [1.807, 2.05) is 37.4 Å². The summed E-state index contributed by atoms with van der Waals surface area (Å²) in [7, 11) is 7.62. The van der Waals surface area contributed by atoms with Crippen LogP contribution in [-0.4, -0.2) is 83.4 Å². The Morgan fingerprint density at radius 2 is 1.83 bits per heavy atom. The number of hydrogen-bond acceptors (Lipinski definition) is 4. The molecule has 1 aromatic rings. The van der Waals surface area contributed by atoms with Gasteiger partial charge in [0.05, 0.1) is 13.2 Å². The minimum atomic E-state index is 0.620. The number of nitrogens with zero attached hydrogens (tertiary/aromatic N) is 3. The molecule has 0 heterocycles. The molecule has 0 fully saturated rings. The second-order valence-corrected chi connectivity index (χ2v) is 5.35. The number of ether oxygens (including phenoxy) is 2. The van der Waals surface area contributed by atoms with Crippen molar-refractivity contribution in [1.29, 1.82) is 0 Å². The Hall–Kier alpha value is -1.79. The topological polar surface area (TPSA) is 49.3 Å². The van der Waals surface area contributed by atoms with Crippen LogP contribution in [0.2, 0.25) is 0 Å². The maximum atomic E-state index is 5.71. The van der Waals surface area contributed by atoms with Crippen LogP contribution < -0.4 is 10.1 Å². The molecule has 0 unspecified atom stereocenters. The average molecular weight is 322 g/mol. The van der Waals surface area contributed by atoms with Crippen molar-refractivity contribution in [2.24, 2.45) is 4.99 Å². The van der Waals surface area contributed by atoms with Gasteiger partial charge in [0, 0.05) is 40.8 Å². The molecular formula is C17H30N4O2. The third-order valence-electron chi connectivity index (χ3n) is 3.47. The van der Waals surface area contributed by atoms with E-state index in [4.69, 9.17) is 9.47 Å². The van der Waals surface area contributed by atoms with Gasteiger partial charge < -0.3 is 24.6 Å². The van der Waals surface area contributed by atoms with Gasteiger partial charge in [0.1, 0.15) is 12.4 Å². The number of rotatable bonds is 10. The summed E-state index contributed by atoms with van der Waals surface area (Å²) in [5.74, 6) is 1.77. The lowest BCUT2D eigenvalue weighted by Gasteiger charge is -2.23. The number of guanidine groups is 1. The van der Waals surface area contributed by atoms with Crippen LogP contribution in [0.3, 0.4) is 0 Å². The fourth-order valence-corrected chi connectivity index (χ4v) is 2.03. The van der Waals surface area contributed by atoms with Gasteiger partial charge in [-0.05, 0) is 19.2 Å². The number of likely N-dealkylation sites (N-methyl/N-ethyl adjacent to an activating group) is 2. The first-order chi connectivity index (χ1) is 11.2. The first kappa shape index (κ1) is 19.3. The van der Waals surface area contributed by atoms with E-state index in [1.54, 1.807) is 14.2 Å². The number of aliphatic imine (C=N–C) groups is 1. The Bertz CT molecular complexity index is 439. The van der Waals surface area contributed by atoms with Gasteiger partial charge in [-0.1, -0.05) is 18.2 Å². The molecule has 0 saturated heterocycles. The molecule has 1 rings (SSSR count). The van der Waals surface area contributed by atoms with E-state index in [-0.39, 0.29) is 0 Å². The van der Waals surface area contributed by atoms with Crippen LogP contribution in [0.5, 0.6) is 5.75 Å². The molecule has 1 N–H and O–H groups in total. The molecule has 6 nitrogen and oxygen atoms in total. The summed E-state index contributed by atoms with van der Waals surface area (Å²) in [6.45, 7) is 4.86. The minimum Gasteiger partial charge on any atom is -0.492 e. The zero-order chi connectivity index (χ0) is 16.9. The highest BCUT2D eigenvalue weighted by Crippen LogP contribution is 2.07.